The van der Waals surface area contributed by atoms with Gasteiger partial charge in [-0.2, -0.15) is 0 Å². The molecule has 0 spiro atoms. The molecule has 0 amide bonds. The van der Waals surface area contributed by atoms with E-state index in [4.69, 9.17) is 5.11 Å². The van der Waals surface area contributed by atoms with E-state index >= 15 is 0 Å². The molecule has 1 aliphatic heterocycles. The predicted molar refractivity (Wildman–Crippen MR) is 65.6 cm³/mol. The number of carboxylic acid groups (broad SMARTS) is 1. The molecule has 7 heteroatoms. The lowest BCUT2D eigenvalue weighted by atomic mass is 10.1. The lowest BCUT2D eigenvalue weighted by Gasteiger charge is -2.18. The van der Waals surface area contributed by atoms with Gasteiger partial charge < -0.3 is 10.0 Å². The minimum Gasteiger partial charge on any atom is -0.481 e. The van der Waals surface area contributed by atoms with Gasteiger partial charge in [-0.15, -0.1) is 0 Å². The summed E-state index contributed by atoms with van der Waals surface area (Å²) >= 11 is 0. The Kier molecular flexibility index (Phi) is 3.64. The van der Waals surface area contributed by atoms with E-state index in [2.05, 4.69) is 0 Å². The third kappa shape index (κ3) is 2.98. The maximum Gasteiger partial charge on any atom is 0.303 e. The molecular formula is C12H13FN2O4. The number of aliphatic carboxylic acids is 1. The van der Waals surface area contributed by atoms with Crippen molar-refractivity contribution in [2.45, 2.75) is 12.8 Å². The van der Waals surface area contributed by atoms with E-state index in [0.717, 1.165) is 6.07 Å². The molecule has 1 atom stereocenters. The number of nitrogens with zero attached hydrogens (tertiary/aromatic N) is 2. The van der Waals surface area contributed by atoms with Crippen LogP contribution in [0.5, 0.6) is 0 Å². The maximum atomic E-state index is 13.8. The van der Waals surface area contributed by atoms with Crippen molar-refractivity contribution in [2.75, 3.05) is 18.0 Å². The zero-order valence-corrected chi connectivity index (χ0v) is 10.1. The number of nitro benzene ring substituents is 1. The SMILES string of the molecule is O=C(O)CC1CCN(c2ccc([N+](=O)[O-])cc2F)C1. The first-order chi connectivity index (χ1) is 8.97. The van der Waals surface area contributed by atoms with E-state index in [0.29, 0.717) is 25.2 Å². The number of carboxylic acids is 1. The molecule has 1 aromatic carbocycles. The molecule has 1 saturated heterocycles. The molecule has 0 bridgehead atoms. The van der Waals surface area contributed by atoms with E-state index in [1.165, 1.54) is 12.1 Å². The van der Waals surface area contributed by atoms with E-state index in [1.54, 1.807) is 4.90 Å². The normalized spacial score (nSPS) is 18.6. The van der Waals surface area contributed by atoms with Crippen LogP contribution in [0.3, 0.4) is 0 Å². The van der Waals surface area contributed by atoms with Gasteiger partial charge in [-0.1, -0.05) is 0 Å². The highest BCUT2D eigenvalue weighted by Gasteiger charge is 2.26. The Hall–Kier alpha value is -2.18. The molecule has 1 N–H and O–H groups in total. The van der Waals surface area contributed by atoms with Crippen LogP contribution < -0.4 is 4.90 Å². The number of hydrogen-bond donors (Lipinski definition) is 1. The highest BCUT2D eigenvalue weighted by molar-refractivity contribution is 5.67. The molecular weight excluding hydrogens is 255 g/mol. The number of halogens is 1. The second-order valence-corrected chi connectivity index (χ2v) is 4.59. The highest BCUT2D eigenvalue weighted by Crippen LogP contribution is 2.29. The van der Waals surface area contributed by atoms with E-state index < -0.39 is 16.7 Å². The molecule has 1 aromatic rings. The number of benzene rings is 1. The zero-order chi connectivity index (χ0) is 14.0. The molecule has 102 valence electrons. The molecule has 1 heterocycles. The van der Waals surface area contributed by atoms with Gasteiger partial charge in [-0.25, -0.2) is 4.39 Å². The molecule has 0 saturated carbocycles. The highest BCUT2D eigenvalue weighted by atomic mass is 19.1. The summed E-state index contributed by atoms with van der Waals surface area (Å²) < 4.78 is 13.8. The Labute approximate surface area is 108 Å². The Morgan fingerprint density at radius 1 is 1.58 bits per heavy atom. The standard InChI is InChI=1S/C12H13FN2O4/c13-10-6-9(15(18)19)1-2-11(10)14-4-3-8(7-14)5-12(16)17/h1-2,6,8H,3-5,7H2,(H,16,17). The summed E-state index contributed by atoms with van der Waals surface area (Å²) in [6, 6.07) is 3.51. The largest absolute Gasteiger partial charge is 0.481 e. The predicted octanol–water partition coefficient (Wildman–Crippen LogP) is 2.03. The van der Waals surface area contributed by atoms with Gasteiger partial charge in [0, 0.05) is 25.6 Å². The number of rotatable bonds is 4. The van der Waals surface area contributed by atoms with Crippen molar-refractivity contribution in [3.8, 4) is 0 Å². The summed E-state index contributed by atoms with van der Waals surface area (Å²) in [6.45, 7) is 1.02. The summed E-state index contributed by atoms with van der Waals surface area (Å²) in [6.07, 6.45) is 0.744. The van der Waals surface area contributed by atoms with Gasteiger partial charge in [0.1, 0.15) is 0 Å². The molecule has 0 aliphatic carbocycles. The first-order valence-corrected chi connectivity index (χ1v) is 5.88. The second kappa shape index (κ2) is 5.21. The summed E-state index contributed by atoms with van der Waals surface area (Å²) in [5, 5.41) is 19.2. The third-order valence-corrected chi connectivity index (χ3v) is 3.23. The molecule has 1 unspecified atom stereocenters. The lowest BCUT2D eigenvalue weighted by molar-refractivity contribution is -0.385. The van der Waals surface area contributed by atoms with Crippen LogP contribution in [-0.4, -0.2) is 29.1 Å². The molecule has 0 aromatic heterocycles. The molecule has 1 fully saturated rings. The average Bonchev–Trinajstić information content (AvgIpc) is 2.76. The monoisotopic (exact) mass is 268 g/mol. The molecule has 0 radical (unpaired) electrons. The molecule has 2 rings (SSSR count). The van der Waals surface area contributed by atoms with Crippen molar-refractivity contribution in [1.29, 1.82) is 0 Å². The van der Waals surface area contributed by atoms with Crippen molar-refractivity contribution in [3.05, 3.63) is 34.1 Å². The summed E-state index contributed by atoms with van der Waals surface area (Å²) in [4.78, 5) is 22.2. The van der Waals surface area contributed by atoms with Gasteiger partial charge in [-0.05, 0) is 18.4 Å². The lowest BCUT2D eigenvalue weighted by Crippen LogP contribution is -2.21. The van der Waals surface area contributed by atoms with E-state index in [1.807, 2.05) is 0 Å². The Balaban J connectivity index is 2.11. The quantitative estimate of drug-likeness (QED) is 0.667. The van der Waals surface area contributed by atoms with Crippen molar-refractivity contribution in [1.82, 2.24) is 0 Å². The topological polar surface area (TPSA) is 83.7 Å². The summed E-state index contributed by atoms with van der Waals surface area (Å²) in [5.74, 6) is -1.52. The number of non-ortho nitro benzene ring substituents is 1. The Morgan fingerprint density at radius 2 is 2.32 bits per heavy atom. The fourth-order valence-electron chi connectivity index (χ4n) is 2.33. The fraction of sp³-hybridized carbons (Fsp3) is 0.417. The number of hydrogen-bond acceptors (Lipinski definition) is 4. The van der Waals surface area contributed by atoms with Crippen LogP contribution in [0, 0.1) is 21.8 Å². The third-order valence-electron chi connectivity index (χ3n) is 3.23. The van der Waals surface area contributed by atoms with Gasteiger partial charge in [-0.3, -0.25) is 14.9 Å². The minimum absolute atomic E-state index is 0.00732. The van der Waals surface area contributed by atoms with Crippen molar-refractivity contribution in [2.24, 2.45) is 5.92 Å². The molecule has 6 nitrogen and oxygen atoms in total. The van der Waals surface area contributed by atoms with E-state index in [-0.39, 0.29) is 18.0 Å². The van der Waals surface area contributed by atoms with Crippen LogP contribution in [0.4, 0.5) is 15.8 Å². The molecule has 1 aliphatic rings. The number of nitro groups is 1. The smallest absolute Gasteiger partial charge is 0.303 e. The number of carbonyl (C=O) groups is 1. The van der Waals surface area contributed by atoms with Gasteiger partial charge in [0.05, 0.1) is 16.7 Å². The van der Waals surface area contributed by atoms with Gasteiger partial charge >= 0.3 is 5.97 Å². The van der Waals surface area contributed by atoms with Crippen molar-refractivity contribution >= 4 is 17.3 Å². The van der Waals surface area contributed by atoms with Crippen LogP contribution in [0.25, 0.3) is 0 Å². The maximum absolute atomic E-state index is 13.8. The Bertz CT molecular complexity index is 520. The average molecular weight is 268 g/mol. The first-order valence-electron chi connectivity index (χ1n) is 5.88. The fourth-order valence-corrected chi connectivity index (χ4v) is 2.33. The van der Waals surface area contributed by atoms with Crippen LogP contribution in [-0.2, 0) is 4.79 Å². The van der Waals surface area contributed by atoms with Crippen molar-refractivity contribution < 1.29 is 19.2 Å². The van der Waals surface area contributed by atoms with E-state index in [9.17, 15) is 19.3 Å². The van der Waals surface area contributed by atoms with Gasteiger partial charge in [0.15, 0.2) is 5.82 Å². The van der Waals surface area contributed by atoms with Crippen LogP contribution in [0.2, 0.25) is 0 Å². The van der Waals surface area contributed by atoms with Crippen LogP contribution >= 0.6 is 0 Å². The van der Waals surface area contributed by atoms with Crippen LogP contribution in [0.15, 0.2) is 18.2 Å². The second-order valence-electron chi connectivity index (χ2n) is 4.59. The van der Waals surface area contributed by atoms with Gasteiger partial charge in [0.25, 0.3) is 5.69 Å². The zero-order valence-electron chi connectivity index (χ0n) is 10.1. The van der Waals surface area contributed by atoms with Crippen LogP contribution in [0.1, 0.15) is 12.8 Å². The van der Waals surface area contributed by atoms with Crippen molar-refractivity contribution in [3.63, 3.8) is 0 Å². The Morgan fingerprint density at radius 3 is 2.89 bits per heavy atom. The van der Waals surface area contributed by atoms with Gasteiger partial charge in [0.2, 0.25) is 0 Å². The summed E-state index contributed by atoms with van der Waals surface area (Å²) in [5.41, 5.74) is 0.000946. The number of anilines is 1. The summed E-state index contributed by atoms with van der Waals surface area (Å²) in [7, 11) is 0. The first kappa shape index (κ1) is 13.3. The minimum atomic E-state index is -0.865. The molecule has 19 heavy (non-hydrogen) atoms.